The van der Waals surface area contributed by atoms with E-state index in [1.165, 1.54) is 6.07 Å². The number of nitro benzene ring substituents is 1. The predicted molar refractivity (Wildman–Crippen MR) is 62.6 cm³/mol. The lowest BCUT2D eigenvalue weighted by Gasteiger charge is -2.10. The van der Waals surface area contributed by atoms with Gasteiger partial charge < -0.3 is 4.74 Å². The second kappa shape index (κ2) is 5.82. The minimum atomic E-state index is -0.475. The van der Waals surface area contributed by atoms with Gasteiger partial charge >= 0.3 is 0 Å². The largest absolute Gasteiger partial charge is 0.374 e. The standard InChI is InChI=1S/C11H14ClNO3/c1-3-8(2)16-7-9-5-4-6-10(12)11(9)13(14)15/h4-6,8H,3,7H2,1-2H3. The van der Waals surface area contributed by atoms with Crippen LogP contribution in [0.5, 0.6) is 0 Å². The highest BCUT2D eigenvalue weighted by Gasteiger charge is 2.18. The van der Waals surface area contributed by atoms with Gasteiger partial charge in [-0.25, -0.2) is 0 Å². The van der Waals surface area contributed by atoms with Gasteiger partial charge in [0.15, 0.2) is 0 Å². The first-order valence-electron chi connectivity index (χ1n) is 5.09. The zero-order valence-electron chi connectivity index (χ0n) is 9.27. The third-order valence-corrected chi connectivity index (χ3v) is 2.66. The predicted octanol–water partition coefficient (Wildman–Crippen LogP) is 3.56. The summed E-state index contributed by atoms with van der Waals surface area (Å²) in [4.78, 5) is 10.3. The Morgan fingerprint density at radius 3 is 2.81 bits per heavy atom. The van der Waals surface area contributed by atoms with E-state index in [1.807, 2.05) is 13.8 Å². The van der Waals surface area contributed by atoms with Crippen molar-refractivity contribution in [3.8, 4) is 0 Å². The molecule has 0 radical (unpaired) electrons. The maximum Gasteiger partial charge on any atom is 0.293 e. The zero-order valence-corrected chi connectivity index (χ0v) is 10.0. The first-order valence-corrected chi connectivity index (χ1v) is 5.47. The molecule has 1 atom stereocenters. The Labute approximate surface area is 99.3 Å². The Kier molecular flexibility index (Phi) is 4.71. The van der Waals surface area contributed by atoms with E-state index in [1.54, 1.807) is 12.1 Å². The van der Waals surface area contributed by atoms with Gasteiger partial charge in [-0.3, -0.25) is 10.1 Å². The smallest absolute Gasteiger partial charge is 0.293 e. The molecule has 0 bridgehead atoms. The van der Waals surface area contributed by atoms with Crippen LogP contribution >= 0.6 is 11.6 Å². The van der Waals surface area contributed by atoms with Crippen LogP contribution in [0.25, 0.3) is 0 Å². The minimum Gasteiger partial charge on any atom is -0.374 e. The van der Waals surface area contributed by atoms with Crippen LogP contribution in [0, 0.1) is 10.1 Å². The average Bonchev–Trinajstić information content (AvgIpc) is 2.25. The van der Waals surface area contributed by atoms with E-state index in [4.69, 9.17) is 16.3 Å². The lowest BCUT2D eigenvalue weighted by Crippen LogP contribution is -2.07. The van der Waals surface area contributed by atoms with Crippen molar-refractivity contribution < 1.29 is 9.66 Å². The molecular weight excluding hydrogens is 230 g/mol. The minimum absolute atomic E-state index is 0.0625. The molecule has 0 aliphatic carbocycles. The van der Waals surface area contributed by atoms with Crippen LogP contribution in [0.2, 0.25) is 5.02 Å². The lowest BCUT2D eigenvalue weighted by atomic mass is 10.2. The molecule has 0 saturated carbocycles. The summed E-state index contributed by atoms with van der Waals surface area (Å²) >= 11 is 5.78. The summed E-state index contributed by atoms with van der Waals surface area (Å²) in [6, 6.07) is 4.85. The molecule has 0 aromatic heterocycles. The second-order valence-corrected chi connectivity index (χ2v) is 3.94. The van der Waals surface area contributed by atoms with Gasteiger partial charge in [0.25, 0.3) is 5.69 Å². The fourth-order valence-electron chi connectivity index (χ4n) is 1.23. The molecule has 0 aliphatic rings. The van der Waals surface area contributed by atoms with Crippen LogP contribution in [-0.2, 0) is 11.3 Å². The van der Waals surface area contributed by atoms with Crippen molar-refractivity contribution in [2.45, 2.75) is 33.0 Å². The van der Waals surface area contributed by atoms with Crippen LogP contribution in [0.15, 0.2) is 18.2 Å². The average molecular weight is 244 g/mol. The zero-order chi connectivity index (χ0) is 12.1. The molecule has 0 fully saturated rings. The van der Waals surface area contributed by atoms with Crippen LogP contribution in [0.4, 0.5) is 5.69 Å². The maximum absolute atomic E-state index is 10.8. The first kappa shape index (κ1) is 12.9. The summed E-state index contributed by atoms with van der Waals surface area (Å²) in [5.41, 5.74) is 0.449. The number of hydrogen-bond acceptors (Lipinski definition) is 3. The van der Waals surface area contributed by atoms with Gasteiger partial charge in [0.1, 0.15) is 5.02 Å². The fraction of sp³-hybridized carbons (Fsp3) is 0.455. The van der Waals surface area contributed by atoms with Crippen molar-refractivity contribution in [1.82, 2.24) is 0 Å². The molecule has 1 rings (SSSR count). The van der Waals surface area contributed by atoms with Gasteiger partial charge in [-0.15, -0.1) is 0 Å². The highest BCUT2D eigenvalue weighted by atomic mass is 35.5. The Balaban J connectivity index is 2.87. The van der Waals surface area contributed by atoms with Crippen molar-refractivity contribution in [3.05, 3.63) is 38.9 Å². The Morgan fingerprint density at radius 1 is 1.56 bits per heavy atom. The van der Waals surface area contributed by atoms with Crippen LogP contribution in [0.3, 0.4) is 0 Å². The Bertz CT molecular complexity index is 381. The monoisotopic (exact) mass is 243 g/mol. The van der Waals surface area contributed by atoms with Crippen LogP contribution in [0.1, 0.15) is 25.8 Å². The van der Waals surface area contributed by atoms with Crippen molar-refractivity contribution in [2.75, 3.05) is 0 Å². The molecule has 88 valence electrons. The maximum atomic E-state index is 10.8. The van der Waals surface area contributed by atoms with Crippen LogP contribution < -0.4 is 0 Å². The van der Waals surface area contributed by atoms with Gasteiger partial charge in [0.2, 0.25) is 0 Å². The normalized spacial score (nSPS) is 12.4. The molecule has 0 saturated heterocycles. The summed E-state index contributed by atoms with van der Waals surface area (Å²) in [5.74, 6) is 0. The first-order chi connectivity index (χ1) is 7.56. The van der Waals surface area contributed by atoms with Crippen molar-refractivity contribution in [2.24, 2.45) is 0 Å². The summed E-state index contributed by atoms with van der Waals surface area (Å²) in [6.07, 6.45) is 0.951. The third-order valence-electron chi connectivity index (χ3n) is 2.35. The Hall–Kier alpha value is -1.13. The number of hydrogen-bond donors (Lipinski definition) is 0. The van der Waals surface area contributed by atoms with E-state index in [9.17, 15) is 10.1 Å². The second-order valence-electron chi connectivity index (χ2n) is 3.53. The summed E-state index contributed by atoms with van der Waals surface area (Å²) in [7, 11) is 0. The fourth-order valence-corrected chi connectivity index (χ4v) is 1.49. The van der Waals surface area contributed by atoms with E-state index in [0.717, 1.165) is 6.42 Å². The van der Waals surface area contributed by atoms with Crippen LogP contribution in [-0.4, -0.2) is 11.0 Å². The number of rotatable bonds is 5. The molecular formula is C11H14ClNO3. The van der Waals surface area contributed by atoms with E-state index < -0.39 is 4.92 Å². The molecule has 0 amide bonds. The van der Waals surface area contributed by atoms with Crippen molar-refractivity contribution >= 4 is 17.3 Å². The highest BCUT2D eigenvalue weighted by molar-refractivity contribution is 6.32. The van der Waals surface area contributed by atoms with Gasteiger partial charge in [0.05, 0.1) is 23.2 Å². The Morgan fingerprint density at radius 2 is 2.25 bits per heavy atom. The van der Waals surface area contributed by atoms with Gasteiger partial charge in [0, 0.05) is 0 Å². The molecule has 0 spiro atoms. The molecule has 0 N–H and O–H groups in total. The number of nitro groups is 1. The summed E-state index contributed by atoms with van der Waals surface area (Å²) < 4.78 is 5.46. The quantitative estimate of drug-likeness (QED) is 0.587. The molecule has 1 unspecified atom stereocenters. The number of benzene rings is 1. The van der Waals surface area contributed by atoms with E-state index in [0.29, 0.717) is 5.56 Å². The van der Waals surface area contributed by atoms with Crippen molar-refractivity contribution in [3.63, 3.8) is 0 Å². The van der Waals surface area contributed by atoms with E-state index >= 15 is 0 Å². The topological polar surface area (TPSA) is 52.4 Å². The van der Waals surface area contributed by atoms with Gasteiger partial charge in [-0.2, -0.15) is 0 Å². The molecule has 5 heteroatoms. The number of para-hydroxylation sites is 1. The molecule has 1 aromatic carbocycles. The molecule has 4 nitrogen and oxygen atoms in total. The molecule has 0 aliphatic heterocycles. The molecule has 1 aromatic rings. The van der Waals surface area contributed by atoms with Gasteiger partial charge in [-0.1, -0.05) is 24.6 Å². The van der Waals surface area contributed by atoms with Gasteiger partial charge in [-0.05, 0) is 25.5 Å². The SMILES string of the molecule is CCC(C)OCc1cccc(Cl)c1[N+](=O)[O-]. The number of halogens is 1. The molecule has 16 heavy (non-hydrogen) atoms. The van der Waals surface area contributed by atoms with E-state index in [-0.39, 0.29) is 23.4 Å². The number of nitrogens with zero attached hydrogens (tertiary/aromatic N) is 1. The molecule has 0 heterocycles. The lowest BCUT2D eigenvalue weighted by molar-refractivity contribution is -0.385. The van der Waals surface area contributed by atoms with E-state index in [2.05, 4.69) is 0 Å². The van der Waals surface area contributed by atoms with Crippen molar-refractivity contribution in [1.29, 1.82) is 0 Å². The third kappa shape index (κ3) is 3.18. The summed E-state index contributed by atoms with van der Waals surface area (Å²) in [6.45, 7) is 4.14. The highest BCUT2D eigenvalue weighted by Crippen LogP contribution is 2.28. The summed E-state index contributed by atoms with van der Waals surface area (Å²) in [5, 5.41) is 11.0. The number of ether oxygens (including phenoxy) is 1.